The van der Waals surface area contributed by atoms with E-state index in [2.05, 4.69) is 4.98 Å². The lowest BCUT2D eigenvalue weighted by molar-refractivity contribution is -0.618. The summed E-state index contributed by atoms with van der Waals surface area (Å²) in [6.07, 6.45) is 0. The highest BCUT2D eigenvalue weighted by molar-refractivity contribution is 6.00. The van der Waals surface area contributed by atoms with E-state index in [4.69, 9.17) is 0 Å². The van der Waals surface area contributed by atoms with Crippen LogP contribution in [0.25, 0.3) is 22.1 Å². The van der Waals surface area contributed by atoms with E-state index in [9.17, 15) is 9.90 Å². The summed E-state index contributed by atoms with van der Waals surface area (Å²) in [7, 11) is 1.89. The number of carbonyl (C=O) groups is 1. The van der Waals surface area contributed by atoms with Gasteiger partial charge in [0.1, 0.15) is 18.1 Å². The van der Waals surface area contributed by atoms with Crippen molar-refractivity contribution in [3.8, 4) is 0 Å². The predicted molar refractivity (Wildman–Crippen MR) is 64.8 cm³/mol. The molecule has 3 rings (SSSR count). The highest BCUT2D eigenvalue weighted by atomic mass is 16.4. The van der Waals surface area contributed by atoms with Crippen molar-refractivity contribution in [3.05, 3.63) is 48.0 Å². The van der Waals surface area contributed by atoms with Crippen LogP contribution in [0.5, 0.6) is 0 Å². The van der Waals surface area contributed by atoms with Crippen LogP contribution >= 0.6 is 0 Å². The predicted octanol–water partition coefficient (Wildman–Crippen LogP) is 0.576. The lowest BCUT2D eigenvalue weighted by atomic mass is 10.1. The molecule has 0 bridgehead atoms. The van der Waals surface area contributed by atoms with Crippen molar-refractivity contribution in [1.82, 2.24) is 4.98 Å². The number of hydrogen-bond donors (Lipinski definition) is 0. The molecule has 18 heavy (non-hydrogen) atoms. The molecule has 0 saturated carbocycles. The van der Waals surface area contributed by atoms with Gasteiger partial charge in [-0.1, -0.05) is 24.3 Å². The normalized spacial score (nSPS) is 10.9. The maximum Gasteiger partial charge on any atom is 0.232 e. The van der Waals surface area contributed by atoms with Crippen LogP contribution in [0.4, 0.5) is 0 Å². The Morgan fingerprint density at radius 2 is 1.83 bits per heavy atom. The molecule has 3 aromatic rings. The van der Waals surface area contributed by atoms with Gasteiger partial charge in [0.15, 0.2) is 0 Å². The van der Waals surface area contributed by atoms with Gasteiger partial charge in [0.25, 0.3) is 0 Å². The molecule has 0 radical (unpaired) electrons. The minimum Gasteiger partial charge on any atom is -0.545 e. The van der Waals surface area contributed by atoms with Crippen LogP contribution < -0.4 is 9.67 Å². The van der Waals surface area contributed by atoms with E-state index < -0.39 is 5.97 Å². The first-order chi connectivity index (χ1) is 8.68. The Bertz CT molecular complexity index is 781. The standard InChI is InChI=1S/C14H10N2O2/c1-16-11-7-3-2-6-10(11)15-13-9(14(17)18)5-4-8-12(13)16/h2-8H,1H3. The molecular formula is C14H10N2O2. The van der Waals surface area contributed by atoms with E-state index in [0.717, 1.165) is 16.6 Å². The van der Waals surface area contributed by atoms with Crippen molar-refractivity contribution in [2.24, 2.45) is 7.05 Å². The molecule has 1 heterocycles. The summed E-state index contributed by atoms with van der Waals surface area (Å²) in [5.74, 6) is -1.21. The molecule has 0 aliphatic carbocycles. The van der Waals surface area contributed by atoms with E-state index >= 15 is 0 Å². The second-order valence-electron chi connectivity index (χ2n) is 4.12. The number of aromatic carboxylic acids is 1. The summed E-state index contributed by atoms with van der Waals surface area (Å²) in [5.41, 5.74) is 3.07. The Kier molecular flexibility index (Phi) is 2.23. The molecule has 1 aromatic heterocycles. The van der Waals surface area contributed by atoms with Gasteiger partial charge in [0, 0.05) is 17.7 Å². The van der Waals surface area contributed by atoms with Crippen LogP contribution in [-0.4, -0.2) is 11.0 Å². The van der Waals surface area contributed by atoms with Gasteiger partial charge >= 0.3 is 0 Å². The van der Waals surface area contributed by atoms with Crippen LogP contribution in [0.15, 0.2) is 42.5 Å². The first kappa shape index (κ1) is 10.7. The monoisotopic (exact) mass is 238 g/mol. The molecule has 0 aliphatic rings. The zero-order valence-corrected chi connectivity index (χ0v) is 9.75. The fourth-order valence-corrected chi connectivity index (χ4v) is 2.18. The van der Waals surface area contributed by atoms with Crippen molar-refractivity contribution in [2.45, 2.75) is 0 Å². The lowest BCUT2D eigenvalue weighted by Crippen LogP contribution is -2.32. The third-order valence-corrected chi connectivity index (χ3v) is 3.07. The Balaban J connectivity index is 2.55. The number of carboxylic acid groups (broad SMARTS) is 1. The van der Waals surface area contributed by atoms with Crippen LogP contribution in [0, 0.1) is 0 Å². The van der Waals surface area contributed by atoms with Gasteiger partial charge in [-0.2, -0.15) is 4.57 Å². The minimum absolute atomic E-state index is 0.119. The third-order valence-electron chi connectivity index (χ3n) is 3.07. The molecule has 4 nitrogen and oxygen atoms in total. The van der Waals surface area contributed by atoms with Crippen LogP contribution in [0.3, 0.4) is 0 Å². The molecule has 0 spiro atoms. The molecule has 2 aromatic carbocycles. The largest absolute Gasteiger partial charge is 0.545 e. The van der Waals surface area contributed by atoms with Gasteiger partial charge in [0.2, 0.25) is 11.0 Å². The number of nitrogens with zero attached hydrogens (tertiary/aromatic N) is 2. The second-order valence-corrected chi connectivity index (χ2v) is 4.12. The van der Waals surface area contributed by atoms with Crippen molar-refractivity contribution in [2.75, 3.05) is 0 Å². The van der Waals surface area contributed by atoms with Crippen molar-refractivity contribution < 1.29 is 14.5 Å². The average molecular weight is 238 g/mol. The highest BCUT2D eigenvalue weighted by Crippen LogP contribution is 2.17. The molecular weight excluding hydrogens is 228 g/mol. The van der Waals surface area contributed by atoms with E-state index in [1.807, 2.05) is 41.9 Å². The molecule has 0 aliphatic heterocycles. The number of para-hydroxylation sites is 3. The Morgan fingerprint density at radius 3 is 2.61 bits per heavy atom. The maximum atomic E-state index is 11.1. The van der Waals surface area contributed by atoms with Gasteiger partial charge in [-0.05, 0) is 6.07 Å². The summed E-state index contributed by atoms with van der Waals surface area (Å²) in [5, 5.41) is 11.1. The average Bonchev–Trinajstić information content (AvgIpc) is 2.38. The fourth-order valence-electron chi connectivity index (χ4n) is 2.18. The Labute approximate surface area is 103 Å². The van der Waals surface area contributed by atoms with Gasteiger partial charge in [-0.25, -0.2) is 4.98 Å². The number of rotatable bonds is 1. The smallest absolute Gasteiger partial charge is 0.232 e. The summed E-state index contributed by atoms with van der Waals surface area (Å²) >= 11 is 0. The zero-order chi connectivity index (χ0) is 12.7. The van der Waals surface area contributed by atoms with Crippen LogP contribution in [-0.2, 0) is 7.05 Å². The molecule has 0 N–H and O–H groups in total. The maximum absolute atomic E-state index is 11.1. The molecule has 0 fully saturated rings. The van der Waals surface area contributed by atoms with E-state index in [1.54, 1.807) is 6.07 Å². The van der Waals surface area contributed by atoms with E-state index in [0.29, 0.717) is 5.52 Å². The summed E-state index contributed by atoms with van der Waals surface area (Å²) in [4.78, 5) is 15.5. The quantitative estimate of drug-likeness (QED) is 0.460. The van der Waals surface area contributed by atoms with E-state index in [-0.39, 0.29) is 5.56 Å². The molecule has 0 atom stereocenters. The lowest BCUT2D eigenvalue weighted by Gasteiger charge is -2.06. The number of aryl methyl sites for hydroxylation is 1. The second kappa shape index (κ2) is 3.77. The first-order valence-corrected chi connectivity index (χ1v) is 5.57. The topological polar surface area (TPSA) is 56.9 Å². The van der Waals surface area contributed by atoms with Crippen LogP contribution in [0.2, 0.25) is 0 Å². The number of carbonyl (C=O) groups excluding carboxylic acids is 1. The number of hydrogen-bond acceptors (Lipinski definition) is 3. The van der Waals surface area contributed by atoms with Gasteiger partial charge in [0.05, 0.1) is 5.97 Å². The number of fused-ring (bicyclic) bond motifs is 2. The van der Waals surface area contributed by atoms with Crippen LogP contribution in [0.1, 0.15) is 10.4 Å². The Hall–Kier alpha value is -2.49. The molecule has 0 amide bonds. The third kappa shape index (κ3) is 1.43. The van der Waals surface area contributed by atoms with Crippen molar-refractivity contribution >= 4 is 28.0 Å². The van der Waals surface area contributed by atoms with Gasteiger partial charge in [-0.3, -0.25) is 0 Å². The minimum atomic E-state index is -1.21. The van der Waals surface area contributed by atoms with Crippen molar-refractivity contribution in [3.63, 3.8) is 0 Å². The number of carboxylic acids is 1. The summed E-state index contributed by atoms with van der Waals surface area (Å²) in [6, 6.07) is 12.7. The highest BCUT2D eigenvalue weighted by Gasteiger charge is 2.15. The number of aromatic nitrogens is 2. The molecule has 0 unspecified atom stereocenters. The van der Waals surface area contributed by atoms with Gasteiger partial charge < -0.3 is 9.90 Å². The molecule has 88 valence electrons. The van der Waals surface area contributed by atoms with Crippen molar-refractivity contribution in [1.29, 1.82) is 0 Å². The Morgan fingerprint density at radius 1 is 1.11 bits per heavy atom. The number of benzene rings is 2. The molecule has 4 heteroatoms. The van der Waals surface area contributed by atoms with Gasteiger partial charge in [-0.15, -0.1) is 0 Å². The van der Waals surface area contributed by atoms with E-state index in [1.165, 1.54) is 6.07 Å². The first-order valence-electron chi connectivity index (χ1n) is 5.57. The summed E-state index contributed by atoms with van der Waals surface area (Å²) < 4.78 is 1.93. The molecule has 0 saturated heterocycles. The fraction of sp³-hybridized carbons (Fsp3) is 0.0714. The summed E-state index contributed by atoms with van der Waals surface area (Å²) in [6.45, 7) is 0. The zero-order valence-electron chi connectivity index (χ0n) is 9.75. The SMILES string of the molecule is C[n+]1c2ccccc2nc2c(C(=O)[O-])cccc21.